The molecule has 0 spiro atoms. The van der Waals surface area contributed by atoms with Gasteiger partial charge in [-0.25, -0.2) is 0 Å². The molecule has 0 unspecified atom stereocenters. The predicted octanol–water partition coefficient (Wildman–Crippen LogP) is 0.0223. The van der Waals surface area contributed by atoms with Crippen LogP contribution in [0.2, 0.25) is 0 Å². The van der Waals surface area contributed by atoms with E-state index in [0.29, 0.717) is 11.4 Å². The van der Waals surface area contributed by atoms with Gasteiger partial charge in [0.25, 0.3) is 0 Å². The fraction of sp³-hybridized carbons (Fsp3) is 0. The summed E-state index contributed by atoms with van der Waals surface area (Å²) in [7, 11) is 0. The molecule has 21 heavy (non-hydrogen) atoms. The van der Waals surface area contributed by atoms with Crippen molar-refractivity contribution in [2.75, 3.05) is 10.6 Å². The van der Waals surface area contributed by atoms with Crippen molar-refractivity contribution in [1.82, 2.24) is 4.98 Å². The zero-order valence-corrected chi connectivity index (χ0v) is 10.7. The largest absolute Gasteiger partial charge is 0.545 e. The van der Waals surface area contributed by atoms with Crippen LogP contribution in [0, 0.1) is 0 Å². The van der Waals surface area contributed by atoms with E-state index in [9.17, 15) is 19.5 Å². The van der Waals surface area contributed by atoms with Crippen LogP contribution in [-0.2, 0) is 9.59 Å². The SMILES string of the molecule is O=C(Nc1ccc(C(=O)[O-])cc1)C(=O)Nc1cccnc1. The van der Waals surface area contributed by atoms with E-state index in [-0.39, 0.29) is 5.56 Å². The number of carbonyl (C=O) groups excluding carboxylic acids is 3. The lowest BCUT2D eigenvalue weighted by Crippen LogP contribution is -2.29. The highest BCUT2D eigenvalue weighted by molar-refractivity contribution is 6.43. The van der Waals surface area contributed by atoms with Gasteiger partial charge in [-0.2, -0.15) is 0 Å². The number of nitrogens with zero attached hydrogens (tertiary/aromatic N) is 1. The molecule has 0 aliphatic carbocycles. The minimum absolute atomic E-state index is 0.0205. The summed E-state index contributed by atoms with van der Waals surface area (Å²) in [5.41, 5.74) is 0.670. The molecule has 0 aliphatic heterocycles. The quantitative estimate of drug-likeness (QED) is 0.772. The van der Waals surface area contributed by atoms with Crippen molar-refractivity contribution in [3.63, 3.8) is 0 Å². The standard InChI is InChI=1S/C14H11N3O4/c18-12(13(19)17-11-2-1-7-15-8-11)16-10-5-3-9(4-6-10)14(20)21/h1-8H,(H,16,18)(H,17,19)(H,20,21)/p-1. The molecule has 2 N–H and O–H groups in total. The number of rotatable bonds is 3. The van der Waals surface area contributed by atoms with E-state index >= 15 is 0 Å². The van der Waals surface area contributed by atoms with Crippen molar-refractivity contribution in [2.24, 2.45) is 0 Å². The first-order chi connectivity index (χ1) is 10.1. The molecule has 0 bridgehead atoms. The zero-order chi connectivity index (χ0) is 15.2. The number of hydrogen-bond donors (Lipinski definition) is 2. The van der Waals surface area contributed by atoms with Crippen LogP contribution in [-0.4, -0.2) is 22.8 Å². The summed E-state index contributed by atoms with van der Waals surface area (Å²) in [6.07, 6.45) is 2.94. The first kappa shape index (κ1) is 14.2. The molecule has 7 nitrogen and oxygen atoms in total. The number of carboxylic acids is 1. The van der Waals surface area contributed by atoms with Gasteiger partial charge >= 0.3 is 11.8 Å². The molecule has 106 valence electrons. The Kier molecular flexibility index (Phi) is 4.25. The molecule has 0 saturated heterocycles. The van der Waals surface area contributed by atoms with E-state index in [0.717, 1.165) is 0 Å². The minimum Gasteiger partial charge on any atom is -0.545 e. The Hall–Kier alpha value is -3.22. The molecule has 7 heteroatoms. The van der Waals surface area contributed by atoms with Gasteiger partial charge in [0.1, 0.15) is 0 Å². The highest BCUT2D eigenvalue weighted by atomic mass is 16.4. The van der Waals surface area contributed by atoms with E-state index in [1.165, 1.54) is 36.7 Å². The summed E-state index contributed by atoms with van der Waals surface area (Å²) in [6.45, 7) is 0. The maximum Gasteiger partial charge on any atom is 0.314 e. The fourth-order valence-electron chi connectivity index (χ4n) is 1.50. The van der Waals surface area contributed by atoms with Crippen LogP contribution in [0.1, 0.15) is 10.4 Å². The molecule has 2 aromatic rings. The molecule has 0 radical (unpaired) electrons. The molecule has 0 atom stereocenters. The summed E-state index contributed by atoms with van der Waals surface area (Å²) >= 11 is 0. The summed E-state index contributed by atoms with van der Waals surface area (Å²) in [5.74, 6) is -3.05. The van der Waals surface area contributed by atoms with Crippen LogP contribution in [0.5, 0.6) is 0 Å². The number of hydrogen-bond acceptors (Lipinski definition) is 5. The second kappa shape index (κ2) is 6.29. The number of anilines is 2. The molecule has 2 rings (SSSR count). The first-order valence-electron chi connectivity index (χ1n) is 5.90. The molecule has 0 fully saturated rings. The van der Waals surface area contributed by atoms with E-state index in [4.69, 9.17) is 0 Å². The topological polar surface area (TPSA) is 111 Å². The number of pyridine rings is 1. The third-order valence-corrected chi connectivity index (χ3v) is 2.50. The van der Waals surface area contributed by atoms with E-state index in [1.807, 2.05) is 0 Å². The van der Waals surface area contributed by atoms with Gasteiger partial charge in [0.15, 0.2) is 0 Å². The molecule has 2 amide bonds. The van der Waals surface area contributed by atoms with Crippen LogP contribution in [0.25, 0.3) is 0 Å². The molecule has 0 aliphatic rings. The number of aromatic carboxylic acids is 1. The van der Waals surface area contributed by atoms with Gasteiger partial charge in [-0.3, -0.25) is 14.6 Å². The third-order valence-electron chi connectivity index (χ3n) is 2.50. The number of carbonyl (C=O) groups is 3. The Balaban J connectivity index is 1.97. The van der Waals surface area contributed by atoms with Crippen molar-refractivity contribution in [2.45, 2.75) is 0 Å². The van der Waals surface area contributed by atoms with Crippen LogP contribution in [0.15, 0.2) is 48.8 Å². The number of benzene rings is 1. The summed E-state index contributed by atoms with van der Waals surface area (Å²) < 4.78 is 0. The molecular formula is C14H10N3O4-. The first-order valence-corrected chi connectivity index (χ1v) is 5.90. The van der Waals surface area contributed by atoms with Crippen molar-refractivity contribution in [1.29, 1.82) is 0 Å². The Morgan fingerprint density at radius 3 is 2.05 bits per heavy atom. The lowest BCUT2D eigenvalue weighted by molar-refractivity contribution is -0.255. The summed E-state index contributed by atoms with van der Waals surface area (Å²) in [6, 6.07) is 8.47. The molecule has 1 aromatic carbocycles. The second-order valence-corrected chi connectivity index (χ2v) is 4.01. The van der Waals surface area contributed by atoms with E-state index < -0.39 is 17.8 Å². The minimum atomic E-state index is -1.32. The van der Waals surface area contributed by atoms with Crippen LogP contribution in [0.3, 0.4) is 0 Å². The summed E-state index contributed by atoms with van der Waals surface area (Å²) in [4.78, 5) is 37.7. The predicted molar refractivity (Wildman–Crippen MR) is 72.3 cm³/mol. The van der Waals surface area contributed by atoms with Crippen molar-refractivity contribution < 1.29 is 19.5 Å². The van der Waals surface area contributed by atoms with Gasteiger partial charge in [0.2, 0.25) is 0 Å². The molecule has 0 saturated carbocycles. The Bertz CT molecular complexity index is 668. The second-order valence-electron chi connectivity index (χ2n) is 4.01. The van der Waals surface area contributed by atoms with Gasteiger partial charge in [-0.05, 0) is 29.8 Å². The maximum atomic E-state index is 11.7. The fourth-order valence-corrected chi connectivity index (χ4v) is 1.50. The van der Waals surface area contributed by atoms with Gasteiger partial charge in [-0.1, -0.05) is 12.1 Å². The number of carboxylic acid groups (broad SMARTS) is 1. The van der Waals surface area contributed by atoms with Gasteiger partial charge in [-0.15, -0.1) is 0 Å². The molecule has 1 heterocycles. The Morgan fingerprint density at radius 1 is 0.905 bits per heavy atom. The van der Waals surface area contributed by atoms with Gasteiger partial charge < -0.3 is 20.5 Å². The smallest absolute Gasteiger partial charge is 0.314 e. The highest BCUT2D eigenvalue weighted by Crippen LogP contribution is 2.09. The van der Waals surface area contributed by atoms with Crippen molar-refractivity contribution in [3.8, 4) is 0 Å². The van der Waals surface area contributed by atoms with Crippen LogP contribution < -0.4 is 15.7 Å². The summed E-state index contributed by atoms with van der Waals surface area (Å²) in [5, 5.41) is 15.3. The van der Waals surface area contributed by atoms with Gasteiger partial charge in [0, 0.05) is 11.9 Å². The Morgan fingerprint density at radius 2 is 1.52 bits per heavy atom. The zero-order valence-electron chi connectivity index (χ0n) is 10.7. The maximum absolute atomic E-state index is 11.7. The van der Waals surface area contributed by atoms with Gasteiger partial charge in [0.05, 0.1) is 17.9 Å². The highest BCUT2D eigenvalue weighted by Gasteiger charge is 2.13. The van der Waals surface area contributed by atoms with E-state index in [2.05, 4.69) is 15.6 Å². The van der Waals surface area contributed by atoms with Crippen molar-refractivity contribution >= 4 is 29.2 Å². The van der Waals surface area contributed by atoms with Crippen LogP contribution in [0.4, 0.5) is 11.4 Å². The number of amides is 2. The van der Waals surface area contributed by atoms with Crippen molar-refractivity contribution in [3.05, 3.63) is 54.4 Å². The average Bonchev–Trinajstić information content (AvgIpc) is 2.48. The lowest BCUT2D eigenvalue weighted by Gasteiger charge is -2.07. The average molecular weight is 284 g/mol. The lowest BCUT2D eigenvalue weighted by atomic mass is 10.2. The van der Waals surface area contributed by atoms with Crippen LogP contribution >= 0.6 is 0 Å². The monoisotopic (exact) mass is 284 g/mol. The normalized spacial score (nSPS) is 9.71. The Labute approximate surface area is 119 Å². The van der Waals surface area contributed by atoms with E-state index in [1.54, 1.807) is 12.1 Å². The molecular weight excluding hydrogens is 274 g/mol. The third kappa shape index (κ3) is 3.87. The number of aromatic nitrogens is 1. The number of nitrogens with one attached hydrogen (secondary N) is 2. The molecule has 1 aromatic heterocycles.